The topological polar surface area (TPSA) is 103 Å². The first-order chi connectivity index (χ1) is 16.2. The maximum atomic E-state index is 13.2. The Labute approximate surface area is 197 Å². The number of hydrogen-bond acceptors (Lipinski definition) is 7. The molecule has 0 saturated heterocycles. The van der Waals surface area contributed by atoms with Crippen molar-refractivity contribution in [2.24, 2.45) is 0 Å². The van der Waals surface area contributed by atoms with Gasteiger partial charge in [0.2, 0.25) is 5.75 Å². The molecular formula is C24H24FNO7S. The molecule has 0 spiro atoms. The Morgan fingerprint density at radius 3 is 1.94 bits per heavy atom. The van der Waals surface area contributed by atoms with Crippen LogP contribution in [0, 0.1) is 5.82 Å². The number of phenolic OH excluding ortho intramolecular Hbond substituents is 1. The van der Waals surface area contributed by atoms with Gasteiger partial charge in [0.15, 0.2) is 23.0 Å². The van der Waals surface area contributed by atoms with E-state index in [2.05, 4.69) is 4.72 Å². The summed E-state index contributed by atoms with van der Waals surface area (Å²) in [4.78, 5) is -0.171. The summed E-state index contributed by atoms with van der Waals surface area (Å²) in [6.07, 6.45) is 3.28. The highest BCUT2D eigenvalue weighted by atomic mass is 32.2. The molecule has 8 nitrogen and oxygen atoms in total. The lowest BCUT2D eigenvalue weighted by atomic mass is 10.1. The van der Waals surface area contributed by atoms with Crippen LogP contribution >= 0.6 is 0 Å². The van der Waals surface area contributed by atoms with Gasteiger partial charge in [0.25, 0.3) is 10.0 Å². The molecule has 0 heterocycles. The number of methoxy groups -OCH3 is 4. The molecule has 34 heavy (non-hydrogen) atoms. The lowest BCUT2D eigenvalue weighted by molar-refractivity contribution is 0.324. The number of rotatable bonds is 9. The third-order valence-electron chi connectivity index (χ3n) is 4.90. The third kappa shape index (κ3) is 5.18. The number of ether oxygens (including phenoxy) is 4. The molecule has 0 aliphatic carbocycles. The van der Waals surface area contributed by atoms with E-state index in [0.717, 1.165) is 24.3 Å². The molecule has 0 amide bonds. The Morgan fingerprint density at radius 1 is 0.824 bits per heavy atom. The molecule has 3 aromatic rings. The lowest BCUT2D eigenvalue weighted by Gasteiger charge is -2.15. The predicted molar refractivity (Wildman–Crippen MR) is 127 cm³/mol. The summed E-state index contributed by atoms with van der Waals surface area (Å²) in [5.41, 5.74) is 0.905. The second-order valence-corrected chi connectivity index (χ2v) is 8.61. The van der Waals surface area contributed by atoms with Crippen molar-refractivity contribution < 1.29 is 36.9 Å². The van der Waals surface area contributed by atoms with Crippen molar-refractivity contribution in [3.05, 3.63) is 65.5 Å². The molecule has 0 aromatic heterocycles. The van der Waals surface area contributed by atoms with Gasteiger partial charge in [-0.2, -0.15) is 0 Å². The molecule has 10 heteroatoms. The summed E-state index contributed by atoms with van der Waals surface area (Å²) >= 11 is 0. The number of sulfonamides is 1. The standard InChI is InChI=1S/C24H24FNO7S/c1-30-19-12-7-16(6-5-15-13-20(31-2)24(33-4)21(14-15)32-3)22(23(19)27)26-34(28,29)18-10-8-17(25)9-11-18/h5-14,26-27H,1-4H3/b6-5-. The second-order valence-electron chi connectivity index (χ2n) is 6.93. The average molecular weight is 490 g/mol. The van der Waals surface area contributed by atoms with Gasteiger partial charge >= 0.3 is 0 Å². The molecule has 0 fully saturated rings. The molecule has 0 unspecified atom stereocenters. The number of phenols is 1. The van der Waals surface area contributed by atoms with E-state index in [4.69, 9.17) is 18.9 Å². The molecule has 0 atom stereocenters. The van der Waals surface area contributed by atoms with Crippen molar-refractivity contribution in [3.8, 4) is 28.7 Å². The average Bonchev–Trinajstić information content (AvgIpc) is 2.83. The fourth-order valence-electron chi connectivity index (χ4n) is 3.19. The third-order valence-corrected chi connectivity index (χ3v) is 6.26. The van der Waals surface area contributed by atoms with Crippen molar-refractivity contribution >= 4 is 27.9 Å². The van der Waals surface area contributed by atoms with E-state index >= 15 is 0 Å². The van der Waals surface area contributed by atoms with Crippen molar-refractivity contribution in [1.82, 2.24) is 0 Å². The van der Waals surface area contributed by atoms with Crippen LogP contribution in [0.15, 0.2) is 53.4 Å². The van der Waals surface area contributed by atoms with Crippen LogP contribution in [0.3, 0.4) is 0 Å². The van der Waals surface area contributed by atoms with E-state index in [1.165, 1.54) is 34.5 Å². The quantitative estimate of drug-likeness (QED) is 0.336. The Hall–Kier alpha value is -3.92. The zero-order chi connectivity index (χ0) is 24.9. The largest absolute Gasteiger partial charge is 0.503 e. The van der Waals surface area contributed by atoms with Crippen LogP contribution in [0.25, 0.3) is 12.2 Å². The van der Waals surface area contributed by atoms with Crippen LogP contribution < -0.4 is 23.7 Å². The van der Waals surface area contributed by atoms with E-state index in [1.54, 1.807) is 30.4 Å². The highest BCUT2D eigenvalue weighted by Crippen LogP contribution is 2.41. The minimum atomic E-state index is -4.14. The molecule has 3 rings (SSSR count). The van der Waals surface area contributed by atoms with Crippen molar-refractivity contribution in [3.63, 3.8) is 0 Å². The Balaban J connectivity index is 2.05. The highest BCUT2D eigenvalue weighted by molar-refractivity contribution is 7.92. The minimum Gasteiger partial charge on any atom is -0.503 e. The van der Waals surface area contributed by atoms with E-state index in [0.29, 0.717) is 28.4 Å². The van der Waals surface area contributed by atoms with Gasteiger partial charge < -0.3 is 24.1 Å². The summed E-state index contributed by atoms with van der Waals surface area (Å²) < 4.78 is 62.5. The summed E-state index contributed by atoms with van der Waals surface area (Å²) in [6, 6.07) is 10.8. The lowest BCUT2D eigenvalue weighted by Crippen LogP contribution is -2.14. The van der Waals surface area contributed by atoms with E-state index in [9.17, 15) is 17.9 Å². The molecule has 0 aliphatic rings. The predicted octanol–water partition coefficient (Wildman–Crippen LogP) is 4.54. The SMILES string of the molecule is COc1ccc(/C=C\c2cc(OC)c(OC)c(OC)c2)c(NS(=O)(=O)c2ccc(F)cc2)c1O. The first kappa shape index (κ1) is 24.7. The zero-order valence-corrected chi connectivity index (χ0v) is 19.8. The van der Waals surface area contributed by atoms with Crippen molar-refractivity contribution in [2.45, 2.75) is 4.90 Å². The molecule has 0 saturated carbocycles. The van der Waals surface area contributed by atoms with Crippen LogP contribution in [0.4, 0.5) is 10.1 Å². The Kier molecular flexibility index (Phi) is 7.52. The monoisotopic (exact) mass is 489 g/mol. The number of anilines is 1. The summed E-state index contributed by atoms with van der Waals surface area (Å²) in [5.74, 6) is 0.406. The number of aromatic hydroxyl groups is 1. The summed E-state index contributed by atoms with van der Waals surface area (Å²) in [7, 11) is 1.69. The smallest absolute Gasteiger partial charge is 0.262 e. The van der Waals surface area contributed by atoms with Gasteiger partial charge in [-0.3, -0.25) is 4.72 Å². The Morgan fingerprint density at radius 2 is 1.41 bits per heavy atom. The normalized spacial score (nSPS) is 11.3. The number of nitrogens with one attached hydrogen (secondary N) is 1. The summed E-state index contributed by atoms with van der Waals surface area (Å²) in [5, 5.41) is 10.7. The van der Waals surface area contributed by atoms with Gasteiger partial charge in [0.1, 0.15) is 11.5 Å². The second kappa shape index (κ2) is 10.3. The van der Waals surface area contributed by atoms with E-state index in [-0.39, 0.29) is 16.3 Å². The summed E-state index contributed by atoms with van der Waals surface area (Å²) in [6.45, 7) is 0. The van der Waals surface area contributed by atoms with Crippen molar-refractivity contribution in [1.29, 1.82) is 0 Å². The minimum absolute atomic E-state index is 0.0711. The fourth-order valence-corrected chi connectivity index (χ4v) is 4.28. The maximum Gasteiger partial charge on any atom is 0.262 e. The molecule has 3 aromatic carbocycles. The molecule has 2 N–H and O–H groups in total. The van der Waals surface area contributed by atoms with Crippen LogP contribution in [-0.2, 0) is 10.0 Å². The van der Waals surface area contributed by atoms with Crippen LogP contribution in [0.1, 0.15) is 11.1 Å². The molecular weight excluding hydrogens is 465 g/mol. The van der Waals surface area contributed by atoms with Crippen LogP contribution in [-0.4, -0.2) is 42.0 Å². The highest BCUT2D eigenvalue weighted by Gasteiger charge is 2.20. The molecule has 180 valence electrons. The van der Waals surface area contributed by atoms with E-state index in [1.807, 2.05) is 0 Å². The fraction of sp³-hybridized carbons (Fsp3) is 0.167. The van der Waals surface area contributed by atoms with Gasteiger partial charge in [0, 0.05) is 5.56 Å². The first-order valence-electron chi connectivity index (χ1n) is 9.90. The van der Waals surface area contributed by atoms with Gasteiger partial charge in [-0.25, -0.2) is 12.8 Å². The van der Waals surface area contributed by atoms with Crippen molar-refractivity contribution in [2.75, 3.05) is 33.2 Å². The molecule has 0 aliphatic heterocycles. The van der Waals surface area contributed by atoms with Gasteiger partial charge in [0.05, 0.1) is 33.3 Å². The van der Waals surface area contributed by atoms with Gasteiger partial charge in [-0.15, -0.1) is 0 Å². The zero-order valence-electron chi connectivity index (χ0n) is 19.0. The first-order valence-corrected chi connectivity index (χ1v) is 11.4. The maximum absolute atomic E-state index is 13.2. The number of benzene rings is 3. The molecule has 0 bridgehead atoms. The van der Waals surface area contributed by atoms with Crippen LogP contribution in [0.2, 0.25) is 0 Å². The Bertz CT molecular complexity index is 1280. The number of halogens is 1. The van der Waals surface area contributed by atoms with E-state index < -0.39 is 21.6 Å². The number of hydrogen-bond donors (Lipinski definition) is 2. The molecule has 0 radical (unpaired) electrons. The van der Waals surface area contributed by atoms with Gasteiger partial charge in [-0.1, -0.05) is 12.2 Å². The van der Waals surface area contributed by atoms with Crippen LogP contribution in [0.5, 0.6) is 28.7 Å². The van der Waals surface area contributed by atoms with Gasteiger partial charge in [-0.05, 0) is 54.1 Å².